The number of halogens is 1. The lowest BCUT2D eigenvalue weighted by molar-refractivity contribution is -0.0759. The van der Waals surface area contributed by atoms with Crippen molar-refractivity contribution in [2.75, 3.05) is 12.5 Å². The number of aromatic nitrogens is 3. The van der Waals surface area contributed by atoms with Gasteiger partial charge in [-0.2, -0.15) is 4.68 Å². The third-order valence-corrected chi connectivity index (χ3v) is 3.22. The summed E-state index contributed by atoms with van der Waals surface area (Å²) in [6, 6.07) is 8.83. The lowest BCUT2D eigenvalue weighted by Gasteiger charge is -2.29. The SMILES string of the molecule is O=c1n(-c2ccccc2)c(=O)n2n1CC2OCCCl. The van der Waals surface area contributed by atoms with Gasteiger partial charge in [0.05, 0.1) is 18.8 Å². The smallest absolute Gasteiger partial charge is 0.353 e. The van der Waals surface area contributed by atoms with Gasteiger partial charge in [0, 0.05) is 5.88 Å². The molecule has 0 fully saturated rings. The molecule has 1 aliphatic heterocycles. The molecule has 1 aliphatic rings. The van der Waals surface area contributed by atoms with Crippen LogP contribution in [0.2, 0.25) is 0 Å². The molecule has 100 valence electrons. The Kier molecular flexibility index (Phi) is 3.04. The highest BCUT2D eigenvalue weighted by Gasteiger charge is 2.33. The van der Waals surface area contributed by atoms with Gasteiger partial charge in [-0.1, -0.05) is 18.2 Å². The predicted octanol–water partition coefficient (Wildman–Crippen LogP) is 0.568. The van der Waals surface area contributed by atoms with E-state index in [-0.39, 0.29) is 11.4 Å². The van der Waals surface area contributed by atoms with E-state index in [0.717, 1.165) is 4.57 Å². The zero-order valence-electron chi connectivity index (χ0n) is 10.0. The second kappa shape index (κ2) is 4.71. The fourth-order valence-corrected chi connectivity index (χ4v) is 2.26. The second-order valence-corrected chi connectivity index (χ2v) is 4.56. The molecule has 1 aromatic heterocycles. The lowest BCUT2D eigenvalue weighted by atomic mass is 10.3. The van der Waals surface area contributed by atoms with Crippen molar-refractivity contribution >= 4 is 11.6 Å². The fourth-order valence-electron chi connectivity index (χ4n) is 2.17. The third kappa shape index (κ3) is 1.84. The number of fused-ring (bicyclic) bond motifs is 1. The van der Waals surface area contributed by atoms with E-state index in [1.165, 1.54) is 9.36 Å². The Morgan fingerprint density at radius 3 is 2.63 bits per heavy atom. The van der Waals surface area contributed by atoms with Gasteiger partial charge < -0.3 is 4.74 Å². The molecule has 0 spiro atoms. The largest absolute Gasteiger partial charge is 0.354 e. The molecular weight excluding hydrogens is 270 g/mol. The van der Waals surface area contributed by atoms with Crippen LogP contribution in [0.3, 0.4) is 0 Å². The third-order valence-electron chi connectivity index (χ3n) is 3.06. The average Bonchev–Trinajstić information content (AvgIpc) is 2.57. The molecule has 1 atom stereocenters. The van der Waals surface area contributed by atoms with Gasteiger partial charge in [0.1, 0.15) is 0 Å². The lowest BCUT2D eigenvalue weighted by Crippen LogP contribution is -2.44. The standard InChI is InChI=1S/C12H12ClN3O3/c13-6-7-19-10-8-14-11(17)15(12(18)16(10)14)9-4-2-1-3-5-9/h1-5,10H,6-8H2. The van der Waals surface area contributed by atoms with Crippen LogP contribution in [-0.4, -0.2) is 26.4 Å². The Morgan fingerprint density at radius 2 is 1.95 bits per heavy atom. The minimum absolute atomic E-state index is 0.345. The molecular formula is C12H12ClN3O3. The molecule has 0 aliphatic carbocycles. The monoisotopic (exact) mass is 281 g/mol. The summed E-state index contributed by atoms with van der Waals surface area (Å²) in [7, 11) is 0. The Labute approximate surface area is 113 Å². The summed E-state index contributed by atoms with van der Waals surface area (Å²) in [5.74, 6) is 0.356. The number of hydrogen-bond acceptors (Lipinski definition) is 3. The van der Waals surface area contributed by atoms with E-state index in [2.05, 4.69) is 0 Å². The maximum atomic E-state index is 12.2. The van der Waals surface area contributed by atoms with Gasteiger partial charge in [-0.05, 0) is 12.1 Å². The number of ether oxygens (including phenoxy) is 1. The summed E-state index contributed by atoms with van der Waals surface area (Å²) in [6.07, 6.45) is -0.399. The normalized spacial score (nSPS) is 17.0. The number of hydrogen-bond donors (Lipinski definition) is 0. The fraction of sp³-hybridized carbons (Fsp3) is 0.333. The first-order chi connectivity index (χ1) is 9.24. The molecule has 0 bridgehead atoms. The molecule has 6 nitrogen and oxygen atoms in total. The van der Waals surface area contributed by atoms with Crippen molar-refractivity contribution in [3.63, 3.8) is 0 Å². The Morgan fingerprint density at radius 1 is 1.21 bits per heavy atom. The van der Waals surface area contributed by atoms with Crippen molar-refractivity contribution in [1.29, 1.82) is 0 Å². The molecule has 0 saturated heterocycles. The first kappa shape index (κ1) is 12.3. The van der Waals surface area contributed by atoms with Gasteiger partial charge in [-0.15, -0.1) is 11.6 Å². The highest BCUT2D eigenvalue weighted by molar-refractivity contribution is 6.17. The number of nitrogens with zero attached hydrogens (tertiary/aromatic N) is 3. The first-order valence-electron chi connectivity index (χ1n) is 5.91. The van der Waals surface area contributed by atoms with Crippen LogP contribution < -0.4 is 11.4 Å². The van der Waals surface area contributed by atoms with Crippen LogP contribution in [0.25, 0.3) is 5.69 Å². The minimum atomic E-state index is -0.399. The van der Waals surface area contributed by atoms with Gasteiger partial charge in [0.2, 0.25) is 0 Å². The van der Waals surface area contributed by atoms with Crippen molar-refractivity contribution < 1.29 is 4.74 Å². The van der Waals surface area contributed by atoms with Gasteiger partial charge in [0.15, 0.2) is 6.23 Å². The Hall–Kier alpha value is -1.79. The van der Waals surface area contributed by atoms with Gasteiger partial charge in [0.25, 0.3) is 0 Å². The van der Waals surface area contributed by atoms with Crippen LogP contribution in [-0.2, 0) is 11.3 Å². The van der Waals surface area contributed by atoms with E-state index in [9.17, 15) is 9.59 Å². The molecule has 1 aromatic carbocycles. The summed E-state index contributed by atoms with van der Waals surface area (Å²) < 4.78 is 9.23. The molecule has 0 radical (unpaired) electrons. The van der Waals surface area contributed by atoms with Gasteiger partial charge in [-0.25, -0.2) is 18.8 Å². The molecule has 19 heavy (non-hydrogen) atoms. The zero-order valence-corrected chi connectivity index (χ0v) is 10.8. The summed E-state index contributed by atoms with van der Waals surface area (Å²) in [5.41, 5.74) is -0.174. The van der Waals surface area contributed by atoms with E-state index >= 15 is 0 Å². The van der Waals surface area contributed by atoms with Crippen molar-refractivity contribution in [2.24, 2.45) is 0 Å². The topological polar surface area (TPSA) is 58.2 Å². The second-order valence-electron chi connectivity index (χ2n) is 4.18. The van der Waals surface area contributed by atoms with Crippen LogP contribution in [0.15, 0.2) is 39.9 Å². The molecule has 0 amide bonds. The number of para-hydroxylation sites is 1. The quantitative estimate of drug-likeness (QED) is 0.770. The van der Waals surface area contributed by atoms with Crippen LogP contribution in [0.5, 0.6) is 0 Å². The summed E-state index contributed by atoms with van der Waals surface area (Å²) in [4.78, 5) is 24.3. The van der Waals surface area contributed by atoms with Gasteiger partial charge >= 0.3 is 11.4 Å². The first-order valence-corrected chi connectivity index (χ1v) is 6.45. The number of rotatable bonds is 4. The Balaban J connectivity index is 2.04. The maximum absolute atomic E-state index is 12.2. The van der Waals surface area contributed by atoms with Crippen molar-refractivity contribution in [3.05, 3.63) is 51.3 Å². The minimum Gasteiger partial charge on any atom is -0.353 e. The molecule has 2 aromatic rings. The van der Waals surface area contributed by atoms with E-state index in [0.29, 0.717) is 24.7 Å². The average molecular weight is 282 g/mol. The molecule has 0 N–H and O–H groups in total. The molecule has 0 saturated carbocycles. The van der Waals surface area contributed by atoms with E-state index in [4.69, 9.17) is 16.3 Å². The maximum Gasteiger partial charge on any atom is 0.354 e. The van der Waals surface area contributed by atoms with Crippen molar-refractivity contribution in [3.8, 4) is 5.69 Å². The zero-order chi connectivity index (χ0) is 13.4. The van der Waals surface area contributed by atoms with Crippen LogP contribution in [0.1, 0.15) is 6.23 Å². The van der Waals surface area contributed by atoms with E-state index < -0.39 is 6.23 Å². The summed E-state index contributed by atoms with van der Waals surface area (Å²) in [5, 5.41) is 0. The van der Waals surface area contributed by atoms with Crippen molar-refractivity contribution in [1.82, 2.24) is 13.9 Å². The van der Waals surface area contributed by atoms with E-state index in [1.807, 2.05) is 6.07 Å². The van der Waals surface area contributed by atoms with Crippen LogP contribution >= 0.6 is 11.6 Å². The molecule has 2 heterocycles. The van der Waals surface area contributed by atoms with E-state index in [1.54, 1.807) is 24.3 Å². The Bertz CT molecular complexity index is 701. The van der Waals surface area contributed by atoms with Gasteiger partial charge in [-0.3, -0.25) is 0 Å². The molecule has 7 heteroatoms. The van der Waals surface area contributed by atoms with Crippen LogP contribution in [0, 0.1) is 0 Å². The van der Waals surface area contributed by atoms with Crippen LogP contribution in [0.4, 0.5) is 0 Å². The highest BCUT2D eigenvalue weighted by Crippen LogP contribution is 2.17. The molecule has 3 rings (SSSR count). The number of alkyl halides is 1. The summed E-state index contributed by atoms with van der Waals surface area (Å²) in [6.45, 7) is 0.730. The summed E-state index contributed by atoms with van der Waals surface area (Å²) >= 11 is 5.54. The predicted molar refractivity (Wildman–Crippen MR) is 70.0 cm³/mol. The van der Waals surface area contributed by atoms with Crippen molar-refractivity contribution in [2.45, 2.75) is 12.8 Å². The molecule has 1 unspecified atom stereocenters. The highest BCUT2D eigenvalue weighted by atomic mass is 35.5. The number of benzene rings is 1.